The van der Waals surface area contributed by atoms with Gasteiger partial charge in [-0.1, -0.05) is 0 Å². The molecule has 0 radical (unpaired) electrons. The maximum Gasteiger partial charge on any atom is 0.333 e. The van der Waals surface area contributed by atoms with Crippen LogP contribution in [-0.2, 0) is 0 Å². The van der Waals surface area contributed by atoms with Crippen LogP contribution in [0.25, 0.3) is 0 Å². The average molecular weight is 224 g/mol. The molecule has 4 amide bonds. The van der Waals surface area contributed by atoms with Crippen molar-refractivity contribution in [1.82, 2.24) is 0 Å². The molecule has 0 saturated carbocycles. The second kappa shape index (κ2) is 4.47. The SMILES string of the molecule is NC(=O)N(N)c1ccc(N(N)C(N)=O)cc1. The molecule has 1 rings (SSSR count). The quantitative estimate of drug-likeness (QED) is 0.296. The molecule has 0 saturated heterocycles. The Bertz CT molecular complexity index is 364. The van der Waals surface area contributed by atoms with Crippen molar-refractivity contribution in [1.29, 1.82) is 0 Å². The third kappa shape index (κ3) is 2.38. The zero-order chi connectivity index (χ0) is 12.3. The minimum absolute atomic E-state index is 0.370. The minimum Gasteiger partial charge on any atom is -0.350 e. The predicted molar refractivity (Wildman–Crippen MR) is 58.9 cm³/mol. The van der Waals surface area contributed by atoms with Crippen LogP contribution in [0.3, 0.4) is 0 Å². The lowest BCUT2D eigenvalue weighted by atomic mass is 10.2. The highest BCUT2D eigenvalue weighted by molar-refractivity contribution is 5.91. The topological polar surface area (TPSA) is 145 Å². The summed E-state index contributed by atoms with van der Waals surface area (Å²) in [6, 6.07) is 4.30. The van der Waals surface area contributed by atoms with Gasteiger partial charge in [-0.05, 0) is 24.3 Å². The number of hydrogen-bond donors (Lipinski definition) is 4. The molecule has 0 heterocycles. The predicted octanol–water partition coefficient (Wildman–Crippen LogP) is -0.796. The van der Waals surface area contributed by atoms with E-state index < -0.39 is 12.1 Å². The van der Waals surface area contributed by atoms with Crippen LogP contribution >= 0.6 is 0 Å². The normalized spacial score (nSPS) is 9.62. The summed E-state index contributed by atoms with van der Waals surface area (Å²) in [6.45, 7) is 0. The molecule has 0 unspecified atom stereocenters. The number of hydrogen-bond acceptors (Lipinski definition) is 4. The van der Waals surface area contributed by atoms with Crippen molar-refractivity contribution in [2.75, 3.05) is 10.0 Å². The van der Waals surface area contributed by atoms with Crippen molar-refractivity contribution >= 4 is 23.4 Å². The van der Waals surface area contributed by atoms with E-state index in [1.165, 1.54) is 24.3 Å². The fraction of sp³-hybridized carbons (Fsp3) is 0. The summed E-state index contributed by atoms with van der Waals surface area (Å²) in [5.41, 5.74) is 10.7. The lowest BCUT2D eigenvalue weighted by Crippen LogP contribution is -2.42. The summed E-state index contributed by atoms with van der Waals surface area (Å²) in [5.74, 6) is 10.7. The Labute approximate surface area is 91.3 Å². The zero-order valence-electron chi connectivity index (χ0n) is 8.33. The fourth-order valence-corrected chi connectivity index (χ4v) is 1.03. The highest BCUT2D eigenvalue weighted by Gasteiger charge is 2.10. The third-order valence-electron chi connectivity index (χ3n) is 1.88. The number of benzene rings is 1. The van der Waals surface area contributed by atoms with E-state index in [9.17, 15) is 9.59 Å². The highest BCUT2D eigenvalue weighted by atomic mass is 16.2. The summed E-state index contributed by atoms with van der Waals surface area (Å²) in [5, 5.41) is 1.52. The Kier molecular flexibility index (Phi) is 3.28. The number of amides is 4. The number of carbonyl (C=O) groups is 2. The van der Waals surface area contributed by atoms with Crippen LogP contribution in [0.4, 0.5) is 21.0 Å². The summed E-state index contributed by atoms with van der Waals surface area (Å²) < 4.78 is 0. The van der Waals surface area contributed by atoms with E-state index in [1.807, 2.05) is 0 Å². The monoisotopic (exact) mass is 224 g/mol. The van der Waals surface area contributed by atoms with Crippen LogP contribution in [0.2, 0.25) is 0 Å². The van der Waals surface area contributed by atoms with E-state index >= 15 is 0 Å². The van der Waals surface area contributed by atoms with Crippen LogP contribution in [0.1, 0.15) is 0 Å². The molecule has 0 aliphatic heterocycles. The summed E-state index contributed by atoms with van der Waals surface area (Å²) >= 11 is 0. The molecule has 0 spiro atoms. The molecule has 0 aromatic heterocycles. The lowest BCUT2D eigenvalue weighted by molar-refractivity contribution is 0.253. The summed E-state index contributed by atoms with van der Waals surface area (Å²) in [6.07, 6.45) is 0. The molecule has 86 valence electrons. The van der Waals surface area contributed by atoms with Crippen molar-refractivity contribution < 1.29 is 9.59 Å². The van der Waals surface area contributed by atoms with Crippen LogP contribution in [0.15, 0.2) is 24.3 Å². The maximum atomic E-state index is 10.7. The van der Waals surface area contributed by atoms with Gasteiger partial charge in [-0.25, -0.2) is 31.3 Å². The van der Waals surface area contributed by atoms with Gasteiger partial charge in [0, 0.05) is 0 Å². The number of urea groups is 2. The van der Waals surface area contributed by atoms with Gasteiger partial charge >= 0.3 is 12.1 Å². The summed E-state index contributed by atoms with van der Waals surface area (Å²) in [7, 11) is 0. The molecule has 8 nitrogen and oxygen atoms in total. The van der Waals surface area contributed by atoms with Crippen LogP contribution < -0.4 is 33.2 Å². The molecule has 0 aliphatic carbocycles. The zero-order valence-corrected chi connectivity index (χ0v) is 8.33. The molecule has 0 bridgehead atoms. The van der Waals surface area contributed by atoms with E-state index in [1.54, 1.807) is 0 Å². The number of anilines is 2. The molecule has 1 aromatic carbocycles. The van der Waals surface area contributed by atoms with Crippen LogP contribution in [0.5, 0.6) is 0 Å². The van der Waals surface area contributed by atoms with Crippen molar-refractivity contribution in [3.63, 3.8) is 0 Å². The number of rotatable bonds is 2. The number of primary amides is 2. The Morgan fingerprint density at radius 2 is 1.06 bits per heavy atom. The van der Waals surface area contributed by atoms with Gasteiger partial charge in [0.1, 0.15) is 0 Å². The highest BCUT2D eigenvalue weighted by Crippen LogP contribution is 2.17. The first-order chi connectivity index (χ1) is 7.43. The Morgan fingerprint density at radius 3 is 1.25 bits per heavy atom. The molecule has 0 aliphatic rings. The van der Waals surface area contributed by atoms with Gasteiger partial charge < -0.3 is 11.5 Å². The lowest BCUT2D eigenvalue weighted by Gasteiger charge is -2.16. The summed E-state index contributed by atoms with van der Waals surface area (Å²) in [4.78, 5) is 21.5. The first-order valence-corrected chi connectivity index (χ1v) is 4.22. The number of hydrazine groups is 2. The molecule has 0 atom stereocenters. The second-order valence-corrected chi connectivity index (χ2v) is 2.93. The van der Waals surface area contributed by atoms with Gasteiger partial charge in [0.2, 0.25) is 0 Å². The van der Waals surface area contributed by atoms with Crippen molar-refractivity contribution in [3.8, 4) is 0 Å². The number of nitrogens with two attached hydrogens (primary N) is 4. The smallest absolute Gasteiger partial charge is 0.333 e. The van der Waals surface area contributed by atoms with Gasteiger partial charge in [0.25, 0.3) is 0 Å². The van der Waals surface area contributed by atoms with Gasteiger partial charge in [0.15, 0.2) is 0 Å². The van der Waals surface area contributed by atoms with E-state index in [0.29, 0.717) is 11.4 Å². The fourth-order valence-electron chi connectivity index (χ4n) is 1.03. The van der Waals surface area contributed by atoms with Gasteiger partial charge in [0.05, 0.1) is 11.4 Å². The van der Waals surface area contributed by atoms with Gasteiger partial charge in [-0.3, -0.25) is 0 Å². The minimum atomic E-state index is -0.799. The van der Waals surface area contributed by atoms with Crippen molar-refractivity contribution in [2.45, 2.75) is 0 Å². The molecule has 1 aromatic rings. The molecule has 8 N–H and O–H groups in total. The Balaban J connectivity index is 2.91. The number of nitrogens with zero attached hydrogens (tertiary/aromatic N) is 2. The van der Waals surface area contributed by atoms with Gasteiger partial charge in [-0.15, -0.1) is 0 Å². The largest absolute Gasteiger partial charge is 0.350 e. The first kappa shape index (κ1) is 11.8. The van der Waals surface area contributed by atoms with Crippen LogP contribution in [0, 0.1) is 0 Å². The molecule has 16 heavy (non-hydrogen) atoms. The standard InChI is InChI=1S/C8H12N6O2/c9-7(15)13(11)5-1-2-6(4-3-5)14(12)8(10)16/h1-4H,11-12H2,(H2,9,15)(H2,10,16). The molecule has 0 fully saturated rings. The third-order valence-corrected chi connectivity index (χ3v) is 1.88. The van der Waals surface area contributed by atoms with Crippen molar-refractivity contribution in [2.24, 2.45) is 23.2 Å². The average Bonchev–Trinajstić information content (AvgIpc) is 2.27. The van der Waals surface area contributed by atoms with Crippen LogP contribution in [-0.4, -0.2) is 12.1 Å². The number of carbonyl (C=O) groups excluding carboxylic acids is 2. The van der Waals surface area contributed by atoms with Gasteiger partial charge in [-0.2, -0.15) is 0 Å². The Morgan fingerprint density at radius 1 is 0.812 bits per heavy atom. The van der Waals surface area contributed by atoms with E-state index in [2.05, 4.69) is 0 Å². The maximum absolute atomic E-state index is 10.7. The molecule has 8 heteroatoms. The van der Waals surface area contributed by atoms with E-state index in [0.717, 1.165) is 10.0 Å². The van der Waals surface area contributed by atoms with Crippen molar-refractivity contribution in [3.05, 3.63) is 24.3 Å². The van der Waals surface area contributed by atoms with E-state index in [4.69, 9.17) is 23.2 Å². The molecular formula is C8H12N6O2. The molecular weight excluding hydrogens is 212 g/mol. The first-order valence-electron chi connectivity index (χ1n) is 4.22. The van der Waals surface area contributed by atoms with E-state index in [-0.39, 0.29) is 0 Å². The Hall–Kier alpha value is -2.32. The second-order valence-electron chi connectivity index (χ2n) is 2.93.